The third kappa shape index (κ3) is 7.33. The third-order valence-electron chi connectivity index (χ3n) is 2.94. The van der Waals surface area contributed by atoms with Gasteiger partial charge in [0, 0.05) is 19.3 Å². The van der Waals surface area contributed by atoms with E-state index in [2.05, 4.69) is 20.7 Å². The third-order valence-corrected chi connectivity index (χ3v) is 2.94. The van der Waals surface area contributed by atoms with Crippen LogP contribution in [0.3, 0.4) is 0 Å². The molecule has 0 bridgehead atoms. The van der Waals surface area contributed by atoms with Gasteiger partial charge in [-0.25, -0.2) is 9.59 Å². The molecule has 3 amide bonds. The molecule has 0 aromatic heterocycles. The summed E-state index contributed by atoms with van der Waals surface area (Å²) in [7, 11) is 0. The average molecular weight is 269 g/mol. The van der Waals surface area contributed by atoms with Crippen molar-refractivity contribution in [1.82, 2.24) is 16.0 Å². The Kier molecular flexibility index (Phi) is 7.46. The van der Waals surface area contributed by atoms with Gasteiger partial charge in [0.2, 0.25) is 0 Å². The van der Waals surface area contributed by atoms with Gasteiger partial charge in [0.25, 0.3) is 0 Å². The zero-order valence-electron chi connectivity index (χ0n) is 11.4. The van der Waals surface area contributed by atoms with Crippen LogP contribution in [-0.2, 0) is 4.74 Å². The molecule has 0 heterocycles. The normalized spacial score (nSPS) is 15.4. The summed E-state index contributed by atoms with van der Waals surface area (Å²) in [6, 6.07) is -0.264. The number of alkyl carbamates (subject to hydrolysis) is 1. The number of ether oxygens (including phenoxy) is 1. The van der Waals surface area contributed by atoms with Crippen LogP contribution in [-0.4, -0.2) is 31.8 Å². The molecule has 6 heteroatoms. The summed E-state index contributed by atoms with van der Waals surface area (Å²) in [6.45, 7) is 2.79. The van der Waals surface area contributed by atoms with Crippen molar-refractivity contribution < 1.29 is 14.3 Å². The smallest absolute Gasteiger partial charge is 0.407 e. The maximum atomic E-state index is 11.4. The molecule has 1 rings (SSSR count). The lowest BCUT2D eigenvalue weighted by Gasteiger charge is -2.07. The first-order valence-corrected chi connectivity index (χ1v) is 6.84. The molecule has 0 unspecified atom stereocenters. The van der Waals surface area contributed by atoms with Crippen LogP contribution in [0.2, 0.25) is 0 Å². The lowest BCUT2D eigenvalue weighted by atomic mass is 10.1. The van der Waals surface area contributed by atoms with Crippen molar-refractivity contribution in [3.8, 4) is 0 Å². The number of hydrogen-bond donors (Lipinski definition) is 3. The first-order valence-electron chi connectivity index (χ1n) is 6.84. The van der Waals surface area contributed by atoms with Gasteiger partial charge in [-0.2, -0.15) is 0 Å². The molecule has 1 aliphatic carbocycles. The minimum Gasteiger partial charge on any atom is -0.450 e. The molecule has 0 aromatic carbocycles. The van der Waals surface area contributed by atoms with Crippen LogP contribution >= 0.6 is 0 Å². The van der Waals surface area contributed by atoms with Crippen molar-refractivity contribution in [2.45, 2.75) is 32.6 Å². The number of hydrogen-bond acceptors (Lipinski definition) is 3. The minimum absolute atomic E-state index is 0.264. The Bertz CT molecular complexity index is 312. The SMILES string of the molecule is CCOC(=O)NCCNC(=O)N/C=C/C1CCCC1. The number of carbonyl (C=O) groups excluding carboxylic acids is 2. The molecule has 0 spiro atoms. The van der Waals surface area contributed by atoms with Crippen LogP contribution in [0, 0.1) is 5.92 Å². The van der Waals surface area contributed by atoms with E-state index in [1.54, 1.807) is 13.1 Å². The molecule has 1 aliphatic rings. The highest BCUT2D eigenvalue weighted by atomic mass is 16.5. The van der Waals surface area contributed by atoms with E-state index < -0.39 is 6.09 Å². The molecule has 19 heavy (non-hydrogen) atoms. The van der Waals surface area contributed by atoms with E-state index in [0.29, 0.717) is 25.6 Å². The van der Waals surface area contributed by atoms with Crippen LogP contribution in [0.4, 0.5) is 9.59 Å². The molecule has 108 valence electrons. The summed E-state index contributed by atoms with van der Waals surface area (Å²) in [5.74, 6) is 0.603. The van der Waals surface area contributed by atoms with E-state index in [9.17, 15) is 9.59 Å². The molecule has 0 atom stereocenters. The second kappa shape index (κ2) is 9.24. The van der Waals surface area contributed by atoms with E-state index in [-0.39, 0.29) is 6.03 Å². The van der Waals surface area contributed by atoms with E-state index in [4.69, 9.17) is 0 Å². The summed E-state index contributed by atoms with van der Waals surface area (Å²) >= 11 is 0. The maximum absolute atomic E-state index is 11.4. The highest BCUT2D eigenvalue weighted by Crippen LogP contribution is 2.25. The molecule has 0 aliphatic heterocycles. The van der Waals surface area contributed by atoms with E-state index in [1.165, 1.54) is 25.7 Å². The number of amides is 3. The zero-order valence-corrected chi connectivity index (χ0v) is 11.4. The highest BCUT2D eigenvalue weighted by Gasteiger charge is 2.11. The van der Waals surface area contributed by atoms with Crippen LogP contribution in [0.15, 0.2) is 12.3 Å². The Labute approximate surface area is 114 Å². The van der Waals surface area contributed by atoms with Gasteiger partial charge < -0.3 is 20.7 Å². The van der Waals surface area contributed by atoms with Crippen molar-refractivity contribution in [2.75, 3.05) is 19.7 Å². The van der Waals surface area contributed by atoms with Gasteiger partial charge in [0.1, 0.15) is 0 Å². The molecule has 0 saturated heterocycles. The first kappa shape index (κ1) is 15.3. The number of allylic oxidation sites excluding steroid dienone is 1. The first-order chi connectivity index (χ1) is 9.22. The van der Waals surface area contributed by atoms with Crippen molar-refractivity contribution >= 4 is 12.1 Å². The Morgan fingerprint density at radius 1 is 1.21 bits per heavy atom. The Morgan fingerprint density at radius 3 is 2.58 bits per heavy atom. The molecule has 1 saturated carbocycles. The van der Waals surface area contributed by atoms with Gasteiger partial charge in [-0.15, -0.1) is 0 Å². The number of urea groups is 1. The molecule has 6 nitrogen and oxygen atoms in total. The van der Waals surface area contributed by atoms with E-state index in [1.807, 2.05) is 6.08 Å². The maximum Gasteiger partial charge on any atom is 0.407 e. The molecule has 1 fully saturated rings. The molecular weight excluding hydrogens is 246 g/mol. The monoisotopic (exact) mass is 269 g/mol. The zero-order chi connectivity index (χ0) is 13.9. The summed E-state index contributed by atoms with van der Waals surface area (Å²) in [4.78, 5) is 22.3. The molecular formula is C13H23N3O3. The van der Waals surface area contributed by atoms with E-state index >= 15 is 0 Å². The highest BCUT2D eigenvalue weighted by molar-refractivity contribution is 5.75. The fourth-order valence-corrected chi connectivity index (χ4v) is 1.98. The molecule has 0 radical (unpaired) electrons. The second-order valence-electron chi connectivity index (χ2n) is 4.45. The average Bonchev–Trinajstić information content (AvgIpc) is 2.88. The molecule has 3 N–H and O–H groups in total. The predicted molar refractivity (Wildman–Crippen MR) is 72.7 cm³/mol. The van der Waals surface area contributed by atoms with Crippen LogP contribution < -0.4 is 16.0 Å². The van der Waals surface area contributed by atoms with Gasteiger partial charge in [-0.3, -0.25) is 0 Å². The van der Waals surface area contributed by atoms with Gasteiger partial charge in [0.15, 0.2) is 0 Å². The lowest BCUT2D eigenvalue weighted by Crippen LogP contribution is -2.38. The number of carbonyl (C=O) groups is 2. The fraction of sp³-hybridized carbons (Fsp3) is 0.692. The second-order valence-corrected chi connectivity index (χ2v) is 4.45. The summed E-state index contributed by atoms with van der Waals surface area (Å²) < 4.78 is 4.68. The topological polar surface area (TPSA) is 79.5 Å². The number of rotatable bonds is 6. The number of nitrogens with one attached hydrogen (secondary N) is 3. The van der Waals surface area contributed by atoms with Crippen molar-refractivity contribution in [2.24, 2.45) is 5.92 Å². The minimum atomic E-state index is -0.467. The van der Waals surface area contributed by atoms with Gasteiger partial charge >= 0.3 is 12.1 Å². The largest absolute Gasteiger partial charge is 0.450 e. The summed E-state index contributed by atoms with van der Waals surface area (Å²) in [5.41, 5.74) is 0. The quantitative estimate of drug-likeness (QED) is 0.642. The Hall–Kier alpha value is -1.72. The summed E-state index contributed by atoms with van der Waals surface area (Å²) in [6.07, 6.45) is 8.26. The Balaban J connectivity index is 1.99. The fourth-order valence-electron chi connectivity index (χ4n) is 1.98. The van der Waals surface area contributed by atoms with Gasteiger partial charge in [-0.1, -0.05) is 18.9 Å². The van der Waals surface area contributed by atoms with Crippen LogP contribution in [0.1, 0.15) is 32.6 Å². The van der Waals surface area contributed by atoms with Gasteiger partial charge in [0.05, 0.1) is 6.61 Å². The van der Waals surface area contributed by atoms with Crippen molar-refractivity contribution in [1.29, 1.82) is 0 Å². The van der Waals surface area contributed by atoms with Crippen LogP contribution in [0.25, 0.3) is 0 Å². The summed E-state index contributed by atoms with van der Waals surface area (Å²) in [5, 5.41) is 7.80. The van der Waals surface area contributed by atoms with E-state index in [0.717, 1.165) is 0 Å². The lowest BCUT2D eigenvalue weighted by molar-refractivity contribution is 0.152. The van der Waals surface area contributed by atoms with Crippen molar-refractivity contribution in [3.63, 3.8) is 0 Å². The predicted octanol–water partition coefficient (Wildman–Crippen LogP) is 1.74. The molecule has 0 aromatic rings. The van der Waals surface area contributed by atoms with Crippen molar-refractivity contribution in [3.05, 3.63) is 12.3 Å². The standard InChI is InChI=1S/C13H23N3O3/c1-2-19-13(18)16-10-9-15-12(17)14-8-7-11-5-3-4-6-11/h7-8,11H,2-6,9-10H2,1H3,(H,16,18)(H2,14,15,17)/b8-7+. The Morgan fingerprint density at radius 2 is 1.89 bits per heavy atom. The van der Waals surface area contributed by atoms with Crippen LogP contribution in [0.5, 0.6) is 0 Å². The van der Waals surface area contributed by atoms with Gasteiger partial charge in [-0.05, 0) is 25.7 Å².